The molecule has 1 aliphatic rings. The fraction of sp³-hybridized carbons (Fsp3) is 0.176. The molecule has 0 saturated carbocycles. The average Bonchev–Trinajstić information content (AvgIpc) is 2.82. The minimum atomic E-state index is 1.00. The van der Waals surface area contributed by atoms with Crippen LogP contribution in [0, 0.1) is 0 Å². The van der Waals surface area contributed by atoms with Gasteiger partial charge in [-0.3, -0.25) is 0 Å². The Kier molecular flexibility index (Phi) is 2.89. The Balaban J connectivity index is 1.85. The van der Waals surface area contributed by atoms with Crippen LogP contribution < -0.4 is 4.90 Å². The highest BCUT2D eigenvalue weighted by molar-refractivity contribution is 5.63. The van der Waals surface area contributed by atoms with Gasteiger partial charge in [0.25, 0.3) is 0 Å². The molecule has 0 unspecified atom stereocenters. The zero-order chi connectivity index (χ0) is 12.4. The van der Waals surface area contributed by atoms with Gasteiger partial charge in [-0.1, -0.05) is 49.1 Å². The number of rotatable bonds is 3. The van der Waals surface area contributed by atoms with Crippen molar-refractivity contribution >= 4 is 11.8 Å². The van der Waals surface area contributed by atoms with Gasteiger partial charge in [0.1, 0.15) is 0 Å². The third-order valence-corrected chi connectivity index (χ3v) is 3.55. The second-order valence-corrected chi connectivity index (χ2v) is 4.75. The molecular weight excluding hydrogens is 218 g/mol. The molecule has 0 aliphatic carbocycles. The Morgan fingerprint density at radius 2 is 1.94 bits per heavy atom. The fourth-order valence-electron chi connectivity index (χ4n) is 2.59. The van der Waals surface area contributed by atoms with Crippen LogP contribution in [0.1, 0.15) is 16.7 Å². The molecule has 1 aliphatic heterocycles. The number of benzene rings is 2. The molecule has 0 bridgehead atoms. The van der Waals surface area contributed by atoms with Crippen LogP contribution in [0.4, 0.5) is 5.69 Å². The first-order chi connectivity index (χ1) is 8.86. The number of nitrogens with zero attached hydrogens (tertiary/aromatic N) is 1. The van der Waals surface area contributed by atoms with Crippen molar-refractivity contribution < 1.29 is 0 Å². The Morgan fingerprint density at radius 3 is 2.72 bits per heavy atom. The minimum Gasteiger partial charge on any atom is -0.367 e. The van der Waals surface area contributed by atoms with Crippen LogP contribution in [0.15, 0.2) is 55.1 Å². The maximum atomic E-state index is 3.83. The molecule has 0 fully saturated rings. The molecule has 2 aromatic rings. The summed E-state index contributed by atoms with van der Waals surface area (Å²) in [4.78, 5) is 2.46. The van der Waals surface area contributed by atoms with Gasteiger partial charge in [-0.2, -0.15) is 0 Å². The van der Waals surface area contributed by atoms with Crippen molar-refractivity contribution in [2.75, 3.05) is 11.4 Å². The summed E-state index contributed by atoms with van der Waals surface area (Å²) in [7, 11) is 0. The van der Waals surface area contributed by atoms with E-state index in [0.717, 1.165) is 19.5 Å². The summed E-state index contributed by atoms with van der Waals surface area (Å²) in [6, 6.07) is 17.3. The summed E-state index contributed by atoms with van der Waals surface area (Å²) in [5, 5.41) is 0. The highest BCUT2D eigenvalue weighted by Gasteiger charge is 2.18. The predicted octanol–water partition coefficient (Wildman–Crippen LogP) is 3.89. The maximum Gasteiger partial charge on any atom is 0.0429 e. The Bertz CT molecular complexity index is 557. The van der Waals surface area contributed by atoms with Crippen molar-refractivity contribution in [1.29, 1.82) is 0 Å². The standard InChI is InChI=1S/C17H17N/c1-2-14-8-9-17-16(12-14)10-11-18(17)13-15-6-4-3-5-7-15/h2-9,12H,1,10-11,13H2. The summed E-state index contributed by atoms with van der Waals surface area (Å²) in [6.07, 6.45) is 3.06. The lowest BCUT2D eigenvalue weighted by atomic mass is 10.1. The van der Waals surface area contributed by atoms with Crippen molar-refractivity contribution in [3.63, 3.8) is 0 Å². The topological polar surface area (TPSA) is 3.24 Å². The molecule has 0 radical (unpaired) electrons. The van der Waals surface area contributed by atoms with Crippen molar-refractivity contribution in [3.05, 3.63) is 71.8 Å². The lowest BCUT2D eigenvalue weighted by Crippen LogP contribution is -2.19. The minimum absolute atomic E-state index is 1.00. The molecule has 1 nitrogen and oxygen atoms in total. The van der Waals surface area contributed by atoms with Gasteiger partial charge in [0.15, 0.2) is 0 Å². The first-order valence-electron chi connectivity index (χ1n) is 6.41. The zero-order valence-electron chi connectivity index (χ0n) is 10.5. The maximum absolute atomic E-state index is 3.83. The molecule has 2 aromatic carbocycles. The van der Waals surface area contributed by atoms with E-state index in [9.17, 15) is 0 Å². The van der Waals surface area contributed by atoms with Gasteiger partial charge in [-0.25, -0.2) is 0 Å². The van der Waals surface area contributed by atoms with Crippen molar-refractivity contribution in [2.24, 2.45) is 0 Å². The first-order valence-corrected chi connectivity index (χ1v) is 6.41. The third-order valence-electron chi connectivity index (χ3n) is 3.55. The Labute approximate surface area is 108 Å². The van der Waals surface area contributed by atoms with E-state index in [0.29, 0.717) is 0 Å². The summed E-state index contributed by atoms with van der Waals surface area (Å²) < 4.78 is 0. The smallest absolute Gasteiger partial charge is 0.0429 e. The monoisotopic (exact) mass is 235 g/mol. The highest BCUT2D eigenvalue weighted by atomic mass is 15.1. The molecule has 0 saturated heterocycles. The number of fused-ring (bicyclic) bond motifs is 1. The van der Waals surface area contributed by atoms with Crippen LogP contribution in [-0.2, 0) is 13.0 Å². The van der Waals surface area contributed by atoms with Gasteiger partial charge in [-0.15, -0.1) is 0 Å². The van der Waals surface area contributed by atoms with E-state index in [1.165, 1.54) is 22.4 Å². The van der Waals surface area contributed by atoms with E-state index < -0.39 is 0 Å². The van der Waals surface area contributed by atoms with Gasteiger partial charge in [-0.05, 0) is 35.2 Å². The Hall–Kier alpha value is -2.02. The lowest BCUT2D eigenvalue weighted by Gasteiger charge is -2.19. The molecule has 0 atom stereocenters. The van der Waals surface area contributed by atoms with Gasteiger partial charge < -0.3 is 4.90 Å². The van der Waals surface area contributed by atoms with Gasteiger partial charge in [0, 0.05) is 18.8 Å². The number of hydrogen-bond acceptors (Lipinski definition) is 1. The molecule has 0 amide bonds. The summed E-state index contributed by atoms with van der Waals surface area (Å²) in [6.45, 7) is 5.95. The second-order valence-electron chi connectivity index (χ2n) is 4.75. The van der Waals surface area contributed by atoms with Crippen LogP contribution in [0.2, 0.25) is 0 Å². The van der Waals surface area contributed by atoms with Gasteiger partial charge >= 0.3 is 0 Å². The van der Waals surface area contributed by atoms with Gasteiger partial charge in [0.05, 0.1) is 0 Å². The third kappa shape index (κ3) is 2.04. The molecule has 1 heterocycles. The molecular formula is C17H17N. The van der Waals surface area contributed by atoms with Crippen molar-refractivity contribution in [2.45, 2.75) is 13.0 Å². The molecule has 0 N–H and O–H groups in total. The fourth-order valence-corrected chi connectivity index (χ4v) is 2.59. The average molecular weight is 235 g/mol. The molecule has 90 valence electrons. The lowest BCUT2D eigenvalue weighted by molar-refractivity contribution is 0.836. The summed E-state index contributed by atoms with van der Waals surface area (Å²) in [5.74, 6) is 0. The Morgan fingerprint density at radius 1 is 1.11 bits per heavy atom. The SMILES string of the molecule is C=Cc1ccc2c(c1)CCN2Cc1ccccc1. The molecule has 0 aromatic heterocycles. The second kappa shape index (κ2) is 4.69. The summed E-state index contributed by atoms with van der Waals surface area (Å²) >= 11 is 0. The molecule has 0 spiro atoms. The van der Waals surface area contributed by atoms with Crippen molar-refractivity contribution in [1.82, 2.24) is 0 Å². The highest BCUT2D eigenvalue weighted by Crippen LogP contribution is 2.30. The van der Waals surface area contributed by atoms with Crippen LogP contribution in [0.3, 0.4) is 0 Å². The number of hydrogen-bond donors (Lipinski definition) is 0. The van der Waals surface area contributed by atoms with Crippen LogP contribution >= 0.6 is 0 Å². The van der Waals surface area contributed by atoms with E-state index >= 15 is 0 Å². The zero-order valence-corrected chi connectivity index (χ0v) is 10.5. The van der Waals surface area contributed by atoms with Gasteiger partial charge in [0.2, 0.25) is 0 Å². The van der Waals surface area contributed by atoms with E-state index in [4.69, 9.17) is 0 Å². The molecule has 18 heavy (non-hydrogen) atoms. The first kappa shape index (κ1) is 11.1. The largest absolute Gasteiger partial charge is 0.367 e. The summed E-state index contributed by atoms with van der Waals surface area (Å²) in [5.41, 5.74) is 5.42. The van der Waals surface area contributed by atoms with Crippen LogP contribution in [-0.4, -0.2) is 6.54 Å². The normalized spacial score (nSPS) is 13.4. The predicted molar refractivity (Wildman–Crippen MR) is 77.7 cm³/mol. The molecule has 3 rings (SSSR count). The molecule has 1 heteroatoms. The van der Waals surface area contributed by atoms with Crippen molar-refractivity contribution in [3.8, 4) is 0 Å². The van der Waals surface area contributed by atoms with Crippen LogP contribution in [0.25, 0.3) is 6.08 Å². The van der Waals surface area contributed by atoms with Crippen LogP contribution in [0.5, 0.6) is 0 Å². The van der Waals surface area contributed by atoms with E-state index in [2.05, 4.69) is 60.0 Å². The quantitative estimate of drug-likeness (QED) is 0.780. The van der Waals surface area contributed by atoms with E-state index in [1.54, 1.807) is 0 Å². The van der Waals surface area contributed by atoms with E-state index in [1.807, 2.05) is 6.08 Å². The van der Waals surface area contributed by atoms with E-state index in [-0.39, 0.29) is 0 Å². The number of anilines is 1.